The molecule has 0 spiro atoms. The molecule has 196 valence electrons. The maximum Gasteiger partial charge on any atom is 0.250 e. The van der Waals surface area contributed by atoms with Crippen molar-refractivity contribution < 1.29 is 4.79 Å². The molecule has 10 heteroatoms. The van der Waals surface area contributed by atoms with E-state index in [1.165, 1.54) is 0 Å². The first-order valence-corrected chi connectivity index (χ1v) is 12.9. The van der Waals surface area contributed by atoms with Gasteiger partial charge in [-0.25, -0.2) is 4.98 Å². The Balaban J connectivity index is 1.47. The number of rotatable bonds is 7. The lowest BCUT2D eigenvalue weighted by Gasteiger charge is -2.34. The van der Waals surface area contributed by atoms with Crippen molar-refractivity contribution in [3.63, 3.8) is 0 Å². The standard InChI is InChI=1S/C28H30ClN7O2/c1-30-25(37)18-35-10-12-36(13-11-35)28-32-24-8-6-20(21-7-9-26(38)34(2)17-21)15-23(24)27(33-28)31-16-19-4-3-5-22(29)14-19/h3-9,14-15,17H,10-13,16,18H2,1-2H3,(H,30,37)(H,31,32,33). The van der Waals surface area contributed by atoms with E-state index >= 15 is 0 Å². The molecular weight excluding hydrogens is 502 g/mol. The second-order valence-corrected chi connectivity index (χ2v) is 9.83. The van der Waals surface area contributed by atoms with Crippen LogP contribution in [0.2, 0.25) is 5.02 Å². The van der Waals surface area contributed by atoms with Gasteiger partial charge in [-0.15, -0.1) is 0 Å². The Morgan fingerprint density at radius 1 is 1.00 bits per heavy atom. The van der Waals surface area contributed by atoms with Gasteiger partial charge in [0.05, 0.1) is 12.1 Å². The van der Waals surface area contributed by atoms with Crippen LogP contribution in [0.5, 0.6) is 0 Å². The van der Waals surface area contributed by atoms with Crippen LogP contribution in [-0.4, -0.2) is 65.1 Å². The molecule has 3 heterocycles. The summed E-state index contributed by atoms with van der Waals surface area (Å²) in [7, 11) is 3.40. The topological polar surface area (TPSA) is 95.4 Å². The molecular formula is C28H30ClN7O2. The van der Waals surface area contributed by atoms with Gasteiger partial charge in [0.25, 0.3) is 0 Å². The number of pyridine rings is 1. The van der Waals surface area contributed by atoms with Crippen LogP contribution in [0.1, 0.15) is 5.56 Å². The molecule has 2 N–H and O–H groups in total. The molecule has 0 unspecified atom stereocenters. The van der Waals surface area contributed by atoms with E-state index in [0.717, 1.165) is 59.6 Å². The van der Waals surface area contributed by atoms with E-state index < -0.39 is 0 Å². The molecule has 0 atom stereocenters. The van der Waals surface area contributed by atoms with Crippen LogP contribution in [-0.2, 0) is 18.4 Å². The first kappa shape index (κ1) is 25.7. The predicted octanol–water partition coefficient (Wildman–Crippen LogP) is 3.13. The number of likely N-dealkylation sites (N-methyl/N-ethyl adjacent to an activating group) is 1. The molecule has 1 fully saturated rings. The lowest BCUT2D eigenvalue weighted by atomic mass is 10.0. The monoisotopic (exact) mass is 531 g/mol. The van der Waals surface area contributed by atoms with Crippen LogP contribution in [0.15, 0.2) is 65.6 Å². The SMILES string of the molecule is CNC(=O)CN1CCN(c2nc(NCc3cccc(Cl)c3)c3cc(-c4ccc(=O)n(C)c4)ccc3n2)CC1. The van der Waals surface area contributed by atoms with E-state index in [-0.39, 0.29) is 11.5 Å². The Bertz CT molecular complexity index is 1530. The quantitative estimate of drug-likeness (QED) is 0.378. The fourth-order valence-corrected chi connectivity index (χ4v) is 4.77. The summed E-state index contributed by atoms with van der Waals surface area (Å²) in [5, 5.41) is 7.75. The van der Waals surface area contributed by atoms with Crippen molar-refractivity contribution in [3.05, 3.63) is 81.7 Å². The molecule has 9 nitrogen and oxygen atoms in total. The fraction of sp³-hybridized carbons (Fsp3) is 0.286. The Kier molecular flexibility index (Phi) is 7.57. The Hall–Kier alpha value is -3.95. The normalized spacial score (nSPS) is 14.0. The third-order valence-corrected chi connectivity index (χ3v) is 6.99. The van der Waals surface area contributed by atoms with Gasteiger partial charge in [0, 0.05) is 69.5 Å². The van der Waals surface area contributed by atoms with Crippen molar-refractivity contribution >= 4 is 40.2 Å². The number of nitrogens with one attached hydrogen (secondary N) is 2. The number of benzene rings is 2. The predicted molar refractivity (Wildman–Crippen MR) is 152 cm³/mol. The van der Waals surface area contributed by atoms with E-state index in [2.05, 4.69) is 26.5 Å². The number of piperazine rings is 1. The first-order chi connectivity index (χ1) is 18.4. The summed E-state index contributed by atoms with van der Waals surface area (Å²) in [5.41, 5.74) is 3.72. The Labute approximate surface area is 226 Å². The van der Waals surface area contributed by atoms with Gasteiger partial charge in [-0.2, -0.15) is 4.98 Å². The van der Waals surface area contributed by atoms with Gasteiger partial charge in [0.1, 0.15) is 5.82 Å². The summed E-state index contributed by atoms with van der Waals surface area (Å²) in [5.74, 6) is 1.40. The summed E-state index contributed by atoms with van der Waals surface area (Å²) >= 11 is 6.20. The molecule has 1 amide bonds. The summed E-state index contributed by atoms with van der Waals surface area (Å²) in [6.45, 7) is 3.91. The number of nitrogens with zero attached hydrogens (tertiary/aromatic N) is 5. The van der Waals surface area contributed by atoms with Crippen LogP contribution >= 0.6 is 11.6 Å². The van der Waals surface area contributed by atoms with Crippen molar-refractivity contribution in [1.29, 1.82) is 0 Å². The summed E-state index contributed by atoms with van der Waals surface area (Å²) in [6, 6.07) is 17.2. The van der Waals surface area contributed by atoms with Crippen LogP contribution < -0.4 is 21.1 Å². The summed E-state index contributed by atoms with van der Waals surface area (Å²) in [6.07, 6.45) is 1.83. The lowest BCUT2D eigenvalue weighted by molar-refractivity contribution is -0.121. The average molecular weight is 532 g/mol. The highest BCUT2D eigenvalue weighted by atomic mass is 35.5. The minimum absolute atomic E-state index is 0.0159. The van der Waals surface area contributed by atoms with Gasteiger partial charge in [0.2, 0.25) is 17.4 Å². The molecule has 1 aliphatic heterocycles. The second kappa shape index (κ2) is 11.2. The largest absolute Gasteiger partial charge is 0.365 e. The zero-order chi connectivity index (χ0) is 26.6. The zero-order valence-corrected chi connectivity index (χ0v) is 22.2. The molecule has 0 aliphatic carbocycles. The molecule has 1 aliphatic rings. The van der Waals surface area contributed by atoms with E-state index in [1.807, 2.05) is 48.7 Å². The average Bonchev–Trinajstić information content (AvgIpc) is 2.93. The number of halogens is 1. The zero-order valence-electron chi connectivity index (χ0n) is 21.4. The minimum atomic E-state index is -0.0539. The van der Waals surface area contributed by atoms with Crippen molar-refractivity contribution in [1.82, 2.24) is 24.8 Å². The smallest absolute Gasteiger partial charge is 0.250 e. The van der Waals surface area contributed by atoms with Crippen molar-refractivity contribution in [3.8, 4) is 11.1 Å². The van der Waals surface area contributed by atoms with Crippen LogP contribution in [0.25, 0.3) is 22.0 Å². The Morgan fingerprint density at radius 2 is 1.79 bits per heavy atom. The number of aromatic nitrogens is 3. The Morgan fingerprint density at radius 3 is 2.53 bits per heavy atom. The number of carbonyl (C=O) groups excluding carboxylic acids is 1. The highest BCUT2D eigenvalue weighted by molar-refractivity contribution is 6.30. The van der Waals surface area contributed by atoms with Crippen molar-refractivity contribution in [2.75, 3.05) is 50.0 Å². The van der Waals surface area contributed by atoms with Crippen LogP contribution in [0.4, 0.5) is 11.8 Å². The number of carbonyl (C=O) groups is 1. The van der Waals surface area contributed by atoms with Crippen molar-refractivity contribution in [2.45, 2.75) is 6.54 Å². The summed E-state index contributed by atoms with van der Waals surface area (Å²) in [4.78, 5) is 37.8. The number of hydrogen-bond donors (Lipinski definition) is 2. The van der Waals surface area contributed by atoms with E-state index in [0.29, 0.717) is 24.1 Å². The van der Waals surface area contributed by atoms with Gasteiger partial charge in [-0.05, 0) is 47.0 Å². The highest BCUT2D eigenvalue weighted by Crippen LogP contribution is 2.29. The lowest BCUT2D eigenvalue weighted by Crippen LogP contribution is -2.49. The molecule has 4 aromatic rings. The molecule has 1 saturated heterocycles. The molecule has 0 bridgehead atoms. The fourth-order valence-electron chi connectivity index (χ4n) is 4.56. The van der Waals surface area contributed by atoms with Crippen molar-refractivity contribution in [2.24, 2.45) is 7.05 Å². The number of amides is 1. The van der Waals surface area contributed by atoms with Gasteiger partial charge < -0.3 is 20.1 Å². The minimum Gasteiger partial charge on any atom is -0.365 e. The molecule has 2 aromatic heterocycles. The second-order valence-electron chi connectivity index (χ2n) is 9.39. The molecule has 0 radical (unpaired) electrons. The van der Waals surface area contributed by atoms with Gasteiger partial charge in [-0.1, -0.05) is 29.8 Å². The number of hydrogen-bond acceptors (Lipinski definition) is 7. The van der Waals surface area contributed by atoms with E-state index in [4.69, 9.17) is 21.6 Å². The highest BCUT2D eigenvalue weighted by Gasteiger charge is 2.22. The number of aryl methyl sites for hydroxylation is 1. The maximum absolute atomic E-state index is 11.9. The molecule has 2 aromatic carbocycles. The van der Waals surface area contributed by atoms with Crippen LogP contribution in [0.3, 0.4) is 0 Å². The van der Waals surface area contributed by atoms with Crippen LogP contribution in [0, 0.1) is 0 Å². The van der Waals surface area contributed by atoms with Gasteiger partial charge in [-0.3, -0.25) is 14.5 Å². The van der Waals surface area contributed by atoms with E-state index in [9.17, 15) is 9.59 Å². The summed E-state index contributed by atoms with van der Waals surface area (Å²) < 4.78 is 1.57. The molecule has 5 rings (SSSR count). The third kappa shape index (κ3) is 5.79. The first-order valence-electron chi connectivity index (χ1n) is 12.5. The molecule has 38 heavy (non-hydrogen) atoms. The number of fused-ring (bicyclic) bond motifs is 1. The molecule has 0 saturated carbocycles. The van der Waals surface area contributed by atoms with E-state index in [1.54, 1.807) is 24.7 Å². The van der Waals surface area contributed by atoms with Gasteiger partial charge in [0.15, 0.2) is 0 Å². The number of anilines is 2. The maximum atomic E-state index is 11.9. The van der Waals surface area contributed by atoms with Gasteiger partial charge >= 0.3 is 0 Å². The third-order valence-electron chi connectivity index (χ3n) is 6.75.